The summed E-state index contributed by atoms with van der Waals surface area (Å²) in [5.41, 5.74) is 7.04. The second kappa shape index (κ2) is 6.14. The molecule has 0 aliphatic rings. The minimum Gasteiger partial charge on any atom is -0.496 e. The van der Waals surface area contributed by atoms with Gasteiger partial charge < -0.3 is 15.2 Å². The van der Waals surface area contributed by atoms with E-state index >= 15 is 0 Å². The normalized spacial score (nSPS) is 12.6. The molecule has 0 spiro atoms. The number of thioether (sulfide) groups is 1. The Bertz CT molecular complexity index is 383. The highest BCUT2D eigenvalue weighted by Gasteiger charge is 2.17. The Morgan fingerprint density at radius 1 is 1.18 bits per heavy atom. The number of hydrogen-bond acceptors (Lipinski definition) is 5. The number of benzene rings is 1. The fourth-order valence-corrected chi connectivity index (χ4v) is 2.13. The maximum absolute atomic E-state index is 6.11. The highest BCUT2D eigenvalue weighted by molar-refractivity contribution is 7.98. The lowest BCUT2D eigenvalue weighted by Crippen LogP contribution is -2.28. The zero-order valence-corrected chi connectivity index (χ0v) is 11.8. The van der Waals surface area contributed by atoms with Crippen LogP contribution in [0.2, 0.25) is 0 Å². The monoisotopic (exact) mass is 256 g/mol. The summed E-state index contributed by atoms with van der Waals surface area (Å²) in [5.74, 6) is 1.61. The van der Waals surface area contributed by atoms with Crippen molar-refractivity contribution in [2.45, 2.75) is 11.1 Å². The molecule has 0 aromatic heterocycles. The van der Waals surface area contributed by atoms with Gasteiger partial charge in [-0.15, -0.1) is 11.8 Å². The highest BCUT2D eigenvalue weighted by atomic mass is 32.2. The molecule has 0 saturated heterocycles. The van der Waals surface area contributed by atoms with E-state index in [4.69, 9.17) is 15.2 Å². The second-order valence-corrected chi connectivity index (χ2v) is 4.71. The van der Waals surface area contributed by atoms with Crippen LogP contribution in [0.25, 0.3) is 0 Å². The van der Waals surface area contributed by atoms with Gasteiger partial charge >= 0.3 is 0 Å². The molecule has 1 aromatic rings. The lowest BCUT2D eigenvalue weighted by Gasteiger charge is -2.23. The van der Waals surface area contributed by atoms with E-state index in [1.54, 1.807) is 26.0 Å². The molecule has 0 saturated carbocycles. The van der Waals surface area contributed by atoms with Gasteiger partial charge in [-0.25, -0.2) is 0 Å². The average molecular weight is 256 g/mol. The van der Waals surface area contributed by atoms with E-state index in [9.17, 15) is 0 Å². The summed E-state index contributed by atoms with van der Waals surface area (Å²) in [5, 5.41) is 0. The zero-order chi connectivity index (χ0) is 13.0. The molecule has 0 fully saturated rings. The smallest absolute Gasteiger partial charge is 0.133 e. The molecule has 1 atom stereocenters. The van der Waals surface area contributed by atoms with Gasteiger partial charge in [-0.3, -0.25) is 4.90 Å². The summed E-state index contributed by atoms with van der Waals surface area (Å²) in [6.45, 7) is 0. The van der Waals surface area contributed by atoms with Gasteiger partial charge in [0.2, 0.25) is 0 Å². The van der Waals surface area contributed by atoms with E-state index in [-0.39, 0.29) is 6.17 Å². The van der Waals surface area contributed by atoms with Gasteiger partial charge in [0, 0.05) is 5.56 Å². The Labute approximate surface area is 107 Å². The Morgan fingerprint density at radius 3 is 2.18 bits per heavy atom. The van der Waals surface area contributed by atoms with Gasteiger partial charge in [-0.05, 0) is 32.5 Å². The van der Waals surface area contributed by atoms with E-state index in [0.717, 1.165) is 22.0 Å². The van der Waals surface area contributed by atoms with E-state index in [1.807, 2.05) is 37.4 Å². The van der Waals surface area contributed by atoms with E-state index in [1.165, 1.54) is 0 Å². The molecular weight excluding hydrogens is 236 g/mol. The summed E-state index contributed by atoms with van der Waals surface area (Å²) in [7, 11) is 7.17. The van der Waals surface area contributed by atoms with E-state index < -0.39 is 0 Å². The average Bonchev–Trinajstić information content (AvgIpc) is 2.35. The summed E-state index contributed by atoms with van der Waals surface area (Å²) in [4.78, 5) is 2.97. The first-order valence-electron chi connectivity index (χ1n) is 5.27. The van der Waals surface area contributed by atoms with Crippen LogP contribution >= 0.6 is 11.8 Å². The Hall–Kier alpha value is -0.910. The lowest BCUT2D eigenvalue weighted by atomic mass is 10.1. The first-order valence-corrected chi connectivity index (χ1v) is 6.49. The predicted molar refractivity (Wildman–Crippen MR) is 71.9 cm³/mol. The molecule has 0 radical (unpaired) electrons. The molecule has 0 aliphatic heterocycles. The van der Waals surface area contributed by atoms with E-state index in [2.05, 4.69) is 0 Å². The van der Waals surface area contributed by atoms with Crippen molar-refractivity contribution in [1.29, 1.82) is 0 Å². The molecule has 2 N–H and O–H groups in total. The second-order valence-electron chi connectivity index (χ2n) is 3.86. The minimum atomic E-state index is -0.213. The van der Waals surface area contributed by atoms with Crippen LogP contribution < -0.4 is 15.2 Å². The minimum absolute atomic E-state index is 0.213. The first kappa shape index (κ1) is 14.2. The maximum atomic E-state index is 6.11. The van der Waals surface area contributed by atoms with Crippen molar-refractivity contribution in [3.05, 3.63) is 17.7 Å². The molecule has 0 heterocycles. The van der Waals surface area contributed by atoms with Crippen LogP contribution in [0.4, 0.5) is 0 Å². The van der Waals surface area contributed by atoms with E-state index in [0.29, 0.717) is 0 Å². The third kappa shape index (κ3) is 3.06. The fourth-order valence-electron chi connectivity index (χ4n) is 1.56. The third-order valence-corrected chi connectivity index (χ3v) is 3.37. The van der Waals surface area contributed by atoms with Gasteiger partial charge in [0.25, 0.3) is 0 Å². The van der Waals surface area contributed by atoms with Crippen molar-refractivity contribution < 1.29 is 9.47 Å². The molecule has 1 rings (SSSR count). The summed E-state index contributed by atoms with van der Waals surface area (Å²) < 4.78 is 10.7. The molecule has 0 aliphatic carbocycles. The standard InChI is InChI=1S/C12H20N2O2S/c1-14(2)12(13)8-6-10(16-4)11(17-5)7-9(8)15-3/h6-7,12H,13H2,1-5H3. The largest absolute Gasteiger partial charge is 0.496 e. The molecule has 0 amide bonds. The van der Waals surface area contributed by atoms with Crippen LogP contribution in [-0.2, 0) is 0 Å². The third-order valence-electron chi connectivity index (χ3n) is 2.61. The van der Waals surface area contributed by atoms with Crippen LogP contribution in [0.15, 0.2) is 17.0 Å². The van der Waals surface area contributed by atoms with Crippen molar-refractivity contribution in [1.82, 2.24) is 4.90 Å². The molecule has 96 valence electrons. The van der Waals surface area contributed by atoms with Gasteiger partial charge in [0.1, 0.15) is 11.5 Å². The van der Waals surface area contributed by atoms with Crippen LogP contribution in [0.1, 0.15) is 11.7 Å². The van der Waals surface area contributed by atoms with Crippen molar-refractivity contribution in [3.63, 3.8) is 0 Å². The number of nitrogens with zero attached hydrogens (tertiary/aromatic N) is 1. The topological polar surface area (TPSA) is 47.7 Å². The molecule has 17 heavy (non-hydrogen) atoms. The maximum Gasteiger partial charge on any atom is 0.133 e. The van der Waals surface area contributed by atoms with Crippen molar-refractivity contribution in [2.24, 2.45) is 5.73 Å². The van der Waals surface area contributed by atoms with Gasteiger partial charge in [-0.2, -0.15) is 0 Å². The van der Waals surface area contributed by atoms with Crippen molar-refractivity contribution in [2.75, 3.05) is 34.6 Å². The summed E-state index contributed by atoms with van der Waals surface area (Å²) in [6.07, 6.45) is 1.79. The molecule has 1 aromatic carbocycles. The van der Waals surface area contributed by atoms with Crippen LogP contribution in [0.5, 0.6) is 11.5 Å². The Balaban J connectivity index is 3.28. The first-order chi connectivity index (χ1) is 8.04. The van der Waals surface area contributed by atoms with Gasteiger partial charge in [0.05, 0.1) is 25.3 Å². The fraction of sp³-hybridized carbons (Fsp3) is 0.500. The molecule has 5 heteroatoms. The number of methoxy groups -OCH3 is 2. The SMILES string of the molecule is COc1cc(C(N)N(C)C)c(OC)cc1SC. The van der Waals surface area contributed by atoms with Crippen LogP contribution in [0, 0.1) is 0 Å². The summed E-state index contributed by atoms with van der Waals surface area (Å²) >= 11 is 1.62. The lowest BCUT2D eigenvalue weighted by molar-refractivity contribution is 0.293. The van der Waals surface area contributed by atoms with Crippen LogP contribution in [0.3, 0.4) is 0 Å². The van der Waals surface area contributed by atoms with Gasteiger partial charge in [-0.1, -0.05) is 0 Å². The van der Waals surface area contributed by atoms with Crippen molar-refractivity contribution >= 4 is 11.8 Å². The Morgan fingerprint density at radius 2 is 1.76 bits per heavy atom. The quantitative estimate of drug-likeness (QED) is 0.644. The highest BCUT2D eigenvalue weighted by Crippen LogP contribution is 2.36. The molecule has 1 unspecified atom stereocenters. The zero-order valence-electron chi connectivity index (χ0n) is 11.0. The van der Waals surface area contributed by atoms with Crippen molar-refractivity contribution in [3.8, 4) is 11.5 Å². The molecule has 4 nitrogen and oxygen atoms in total. The Kier molecular flexibility index (Phi) is 5.11. The van der Waals surface area contributed by atoms with Gasteiger partial charge in [0.15, 0.2) is 0 Å². The predicted octanol–water partition coefficient (Wildman–Crippen LogP) is 1.94. The van der Waals surface area contributed by atoms with Crippen LogP contribution in [-0.4, -0.2) is 39.5 Å². The number of hydrogen-bond donors (Lipinski definition) is 1. The number of ether oxygens (including phenoxy) is 2. The molecular formula is C12H20N2O2S. The summed E-state index contributed by atoms with van der Waals surface area (Å²) in [6, 6.07) is 3.90. The molecule has 0 bridgehead atoms. The number of rotatable bonds is 5. The number of nitrogens with two attached hydrogens (primary N) is 1.